The van der Waals surface area contributed by atoms with Crippen LogP contribution in [-0.4, -0.2) is 33.5 Å². The minimum absolute atomic E-state index is 0.0371. The fourth-order valence-corrected chi connectivity index (χ4v) is 4.37. The number of aromatic nitrogens is 2. The predicted molar refractivity (Wildman–Crippen MR) is 113 cm³/mol. The molecule has 1 fully saturated rings. The molecule has 1 aromatic heterocycles. The third-order valence-electron chi connectivity index (χ3n) is 5.07. The van der Waals surface area contributed by atoms with Crippen LogP contribution < -0.4 is 5.32 Å². The summed E-state index contributed by atoms with van der Waals surface area (Å²) in [5, 5.41) is 12.0. The van der Waals surface area contributed by atoms with Crippen LogP contribution in [0.5, 0.6) is 0 Å². The number of nitrogens with one attached hydrogen (secondary N) is 1. The fraction of sp³-hybridized carbons (Fsp3) is 0.273. The molecule has 0 saturated carbocycles. The summed E-state index contributed by atoms with van der Waals surface area (Å²) in [6.45, 7) is 2.61. The van der Waals surface area contributed by atoms with Gasteiger partial charge in [0.05, 0.1) is 12.5 Å². The first-order chi connectivity index (χ1) is 14.5. The van der Waals surface area contributed by atoms with E-state index in [4.69, 9.17) is 0 Å². The summed E-state index contributed by atoms with van der Waals surface area (Å²) in [6.07, 6.45) is 1.85. The summed E-state index contributed by atoms with van der Waals surface area (Å²) in [7, 11) is 0. The molecule has 4 rings (SSSR count). The maximum atomic E-state index is 13.1. The molecule has 30 heavy (non-hydrogen) atoms. The lowest BCUT2D eigenvalue weighted by Crippen LogP contribution is -2.31. The van der Waals surface area contributed by atoms with E-state index in [9.17, 15) is 14.0 Å². The van der Waals surface area contributed by atoms with Crippen LogP contribution in [0.1, 0.15) is 44.8 Å². The molecule has 8 heteroatoms. The standard InChI is InChI=1S/C22H21FN4O2S/c1-14-4-10-17(11-5-14)24-20(29)22-26-25-21(30-22)18-3-2-12-27(18)19(28)13-15-6-8-16(23)9-7-15/h4-11,18H,2-3,12-13H2,1H3,(H,24,29)/t18-/m0/s1. The van der Waals surface area contributed by atoms with Crippen molar-refractivity contribution in [3.63, 3.8) is 0 Å². The van der Waals surface area contributed by atoms with Gasteiger partial charge in [-0.3, -0.25) is 9.59 Å². The van der Waals surface area contributed by atoms with E-state index in [1.807, 2.05) is 31.2 Å². The van der Waals surface area contributed by atoms with Gasteiger partial charge in [-0.15, -0.1) is 10.2 Å². The minimum atomic E-state index is -0.324. The number of amides is 2. The van der Waals surface area contributed by atoms with E-state index in [2.05, 4.69) is 15.5 Å². The molecular formula is C22H21FN4O2S. The fourth-order valence-electron chi connectivity index (χ4n) is 3.48. The van der Waals surface area contributed by atoms with Crippen LogP contribution in [0.4, 0.5) is 10.1 Å². The second-order valence-corrected chi connectivity index (χ2v) is 8.32. The van der Waals surface area contributed by atoms with Gasteiger partial charge in [-0.05, 0) is 49.6 Å². The number of aryl methyl sites for hydroxylation is 1. The smallest absolute Gasteiger partial charge is 0.286 e. The third kappa shape index (κ3) is 4.54. The molecule has 0 radical (unpaired) electrons. The average molecular weight is 425 g/mol. The predicted octanol–water partition coefficient (Wildman–Crippen LogP) is 4.14. The van der Waals surface area contributed by atoms with E-state index in [-0.39, 0.29) is 35.1 Å². The normalized spacial score (nSPS) is 15.9. The molecule has 2 heterocycles. The molecule has 2 aromatic carbocycles. The highest BCUT2D eigenvalue weighted by molar-refractivity contribution is 7.13. The molecule has 6 nitrogen and oxygen atoms in total. The van der Waals surface area contributed by atoms with Crippen molar-refractivity contribution in [3.8, 4) is 0 Å². The van der Waals surface area contributed by atoms with E-state index < -0.39 is 0 Å². The molecule has 1 aliphatic heterocycles. The average Bonchev–Trinajstić information content (AvgIpc) is 3.40. The number of rotatable bonds is 5. The highest BCUT2D eigenvalue weighted by Gasteiger charge is 2.33. The summed E-state index contributed by atoms with van der Waals surface area (Å²) in [5.74, 6) is -0.676. The maximum Gasteiger partial charge on any atom is 0.286 e. The van der Waals surface area contributed by atoms with Crippen LogP contribution in [-0.2, 0) is 11.2 Å². The summed E-state index contributed by atoms with van der Waals surface area (Å²) in [4.78, 5) is 27.1. The van der Waals surface area contributed by atoms with Crippen molar-refractivity contribution < 1.29 is 14.0 Å². The van der Waals surface area contributed by atoms with Crippen LogP contribution in [0.2, 0.25) is 0 Å². The Morgan fingerprint density at radius 3 is 2.60 bits per heavy atom. The number of hydrogen-bond donors (Lipinski definition) is 1. The van der Waals surface area contributed by atoms with Crippen LogP contribution in [0.25, 0.3) is 0 Å². The molecule has 1 saturated heterocycles. The Balaban J connectivity index is 1.43. The second kappa shape index (κ2) is 8.71. The van der Waals surface area contributed by atoms with Crippen molar-refractivity contribution in [1.29, 1.82) is 0 Å². The lowest BCUT2D eigenvalue weighted by molar-refractivity contribution is -0.131. The van der Waals surface area contributed by atoms with Crippen molar-refractivity contribution >= 4 is 28.8 Å². The van der Waals surface area contributed by atoms with Crippen LogP contribution >= 0.6 is 11.3 Å². The zero-order valence-electron chi connectivity index (χ0n) is 16.5. The molecule has 0 spiro atoms. The minimum Gasteiger partial charge on any atom is -0.333 e. The van der Waals surface area contributed by atoms with Gasteiger partial charge in [-0.2, -0.15) is 0 Å². The number of halogens is 1. The zero-order valence-corrected chi connectivity index (χ0v) is 17.3. The number of likely N-dealkylation sites (tertiary alicyclic amines) is 1. The van der Waals surface area contributed by atoms with Gasteiger partial charge in [0.15, 0.2) is 0 Å². The SMILES string of the molecule is Cc1ccc(NC(=O)c2nnc([C@@H]3CCCN3C(=O)Cc3ccc(F)cc3)s2)cc1. The Hall–Kier alpha value is -3.13. The van der Waals surface area contributed by atoms with E-state index in [1.54, 1.807) is 17.0 Å². The number of carbonyl (C=O) groups excluding carboxylic acids is 2. The first-order valence-electron chi connectivity index (χ1n) is 9.75. The van der Waals surface area contributed by atoms with Crippen LogP contribution in [0, 0.1) is 12.7 Å². The summed E-state index contributed by atoms with van der Waals surface area (Å²) in [5.41, 5.74) is 2.57. The molecule has 1 N–H and O–H groups in total. The van der Waals surface area contributed by atoms with Gasteiger partial charge >= 0.3 is 0 Å². The number of hydrogen-bond acceptors (Lipinski definition) is 5. The second-order valence-electron chi connectivity index (χ2n) is 7.31. The molecule has 3 aromatic rings. The molecule has 1 atom stereocenters. The highest BCUT2D eigenvalue weighted by Crippen LogP contribution is 2.34. The highest BCUT2D eigenvalue weighted by atomic mass is 32.1. The van der Waals surface area contributed by atoms with Gasteiger partial charge in [0, 0.05) is 12.2 Å². The topological polar surface area (TPSA) is 75.2 Å². The quantitative estimate of drug-likeness (QED) is 0.668. The van der Waals surface area contributed by atoms with Gasteiger partial charge in [-0.1, -0.05) is 41.2 Å². The lowest BCUT2D eigenvalue weighted by Gasteiger charge is -2.22. The zero-order chi connectivity index (χ0) is 21.1. The van der Waals surface area contributed by atoms with E-state index in [0.717, 1.165) is 24.0 Å². The van der Waals surface area contributed by atoms with Gasteiger partial charge in [0.2, 0.25) is 10.9 Å². The van der Waals surface area contributed by atoms with Crippen molar-refractivity contribution in [2.75, 3.05) is 11.9 Å². The lowest BCUT2D eigenvalue weighted by atomic mass is 10.1. The van der Waals surface area contributed by atoms with E-state index in [0.29, 0.717) is 17.2 Å². The summed E-state index contributed by atoms with van der Waals surface area (Å²) in [6, 6.07) is 13.3. The Kier molecular flexibility index (Phi) is 5.85. The van der Waals surface area contributed by atoms with Gasteiger partial charge in [-0.25, -0.2) is 4.39 Å². The van der Waals surface area contributed by atoms with Gasteiger partial charge < -0.3 is 10.2 Å². The summed E-state index contributed by atoms with van der Waals surface area (Å²) >= 11 is 1.21. The number of benzene rings is 2. The molecular weight excluding hydrogens is 403 g/mol. The first-order valence-corrected chi connectivity index (χ1v) is 10.6. The van der Waals surface area contributed by atoms with Crippen LogP contribution in [0.15, 0.2) is 48.5 Å². The monoisotopic (exact) mass is 424 g/mol. The molecule has 0 aliphatic carbocycles. The van der Waals surface area contributed by atoms with Gasteiger partial charge in [0.25, 0.3) is 5.91 Å². The largest absolute Gasteiger partial charge is 0.333 e. The van der Waals surface area contributed by atoms with E-state index in [1.165, 1.54) is 23.5 Å². The molecule has 1 aliphatic rings. The van der Waals surface area contributed by atoms with Crippen molar-refractivity contribution in [2.24, 2.45) is 0 Å². The first kappa shape index (κ1) is 20.2. The van der Waals surface area contributed by atoms with Crippen LogP contribution in [0.3, 0.4) is 0 Å². The number of carbonyl (C=O) groups is 2. The molecule has 2 amide bonds. The van der Waals surface area contributed by atoms with Gasteiger partial charge in [0.1, 0.15) is 10.8 Å². The Labute approximate surface area is 177 Å². The number of anilines is 1. The molecule has 0 bridgehead atoms. The van der Waals surface area contributed by atoms with E-state index >= 15 is 0 Å². The maximum absolute atomic E-state index is 13.1. The summed E-state index contributed by atoms with van der Waals surface area (Å²) < 4.78 is 13.1. The Morgan fingerprint density at radius 2 is 1.87 bits per heavy atom. The third-order valence-corrected chi connectivity index (χ3v) is 6.09. The van der Waals surface area contributed by atoms with Crippen molar-refractivity contribution in [2.45, 2.75) is 32.2 Å². The Bertz CT molecular complexity index is 1050. The number of nitrogens with zero attached hydrogens (tertiary/aromatic N) is 3. The van der Waals surface area contributed by atoms with Crippen molar-refractivity contribution in [1.82, 2.24) is 15.1 Å². The molecule has 0 unspecified atom stereocenters. The Morgan fingerprint density at radius 1 is 1.13 bits per heavy atom. The van der Waals surface area contributed by atoms with Crippen molar-refractivity contribution in [3.05, 3.63) is 75.5 Å². The molecule has 154 valence electrons.